The Hall–Kier alpha value is -2.46. The molecule has 3 rings (SSSR count). The summed E-state index contributed by atoms with van der Waals surface area (Å²) in [6.45, 7) is 0.539. The van der Waals surface area contributed by atoms with Crippen LogP contribution in [0.15, 0.2) is 54.9 Å². The highest BCUT2D eigenvalue weighted by Crippen LogP contribution is 2.23. The van der Waals surface area contributed by atoms with E-state index in [-0.39, 0.29) is 0 Å². The lowest BCUT2D eigenvalue weighted by Gasteiger charge is -2.00. The van der Waals surface area contributed by atoms with Crippen LogP contribution in [0.25, 0.3) is 22.5 Å². The van der Waals surface area contributed by atoms with Crippen LogP contribution in [0, 0.1) is 0 Å². The van der Waals surface area contributed by atoms with Gasteiger partial charge in [-0.05, 0) is 35.4 Å². The van der Waals surface area contributed by atoms with Gasteiger partial charge in [0, 0.05) is 24.5 Å². The van der Waals surface area contributed by atoms with E-state index in [1.807, 2.05) is 36.4 Å². The van der Waals surface area contributed by atoms with E-state index in [1.54, 1.807) is 12.4 Å². The quantitative estimate of drug-likeness (QED) is 0.750. The van der Waals surface area contributed by atoms with Gasteiger partial charge in [-0.25, -0.2) is 0 Å². The van der Waals surface area contributed by atoms with Crippen LogP contribution in [0.2, 0.25) is 0 Å². The standard InChI is InChI=1S/C15H14N4/c16-9-11-3-1-4-12(7-11)14-8-15(19-18-14)13-5-2-6-17-10-13/h1-8,10H,9,16H2,(H,18,19). The molecule has 0 aliphatic carbocycles. The highest BCUT2D eigenvalue weighted by molar-refractivity contribution is 5.67. The first kappa shape index (κ1) is 11.6. The van der Waals surface area contributed by atoms with Gasteiger partial charge in [-0.2, -0.15) is 5.10 Å². The van der Waals surface area contributed by atoms with E-state index in [0.29, 0.717) is 6.54 Å². The zero-order valence-electron chi connectivity index (χ0n) is 10.4. The number of nitrogens with two attached hydrogens (primary N) is 1. The summed E-state index contributed by atoms with van der Waals surface area (Å²) in [6.07, 6.45) is 3.55. The van der Waals surface area contributed by atoms with Gasteiger partial charge in [0.05, 0.1) is 11.4 Å². The van der Waals surface area contributed by atoms with Crippen LogP contribution in [-0.2, 0) is 6.54 Å². The number of H-pyrrole nitrogens is 1. The van der Waals surface area contributed by atoms with E-state index >= 15 is 0 Å². The van der Waals surface area contributed by atoms with Crippen molar-refractivity contribution in [3.63, 3.8) is 0 Å². The Kier molecular flexibility index (Phi) is 3.08. The van der Waals surface area contributed by atoms with Crippen LogP contribution < -0.4 is 5.73 Å². The van der Waals surface area contributed by atoms with Gasteiger partial charge in [0.15, 0.2) is 0 Å². The maximum atomic E-state index is 5.66. The van der Waals surface area contributed by atoms with E-state index < -0.39 is 0 Å². The van der Waals surface area contributed by atoms with Crippen molar-refractivity contribution in [2.24, 2.45) is 5.73 Å². The molecule has 0 aliphatic rings. The van der Waals surface area contributed by atoms with Gasteiger partial charge in [-0.15, -0.1) is 0 Å². The lowest BCUT2D eigenvalue weighted by atomic mass is 10.1. The highest BCUT2D eigenvalue weighted by atomic mass is 15.1. The second-order valence-corrected chi connectivity index (χ2v) is 4.31. The number of hydrogen-bond acceptors (Lipinski definition) is 3. The highest BCUT2D eigenvalue weighted by Gasteiger charge is 2.06. The molecule has 3 aromatic rings. The summed E-state index contributed by atoms with van der Waals surface area (Å²) in [5.41, 5.74) is 10.7. The van der Waals surface area contributed by atoms with Crippen LogP contribution in [0.5, 0.6) is 0 Å². The first-order chi connectivity index (χ1) is 9.36. The molecular formula is C15H14N4. The summed E-state index contributed by atoms with van der Waals surface area (Å²) in [4.78, 5) is 4.10. The zero-order valence-corrected chi connectivity index (χ0v) is 10.4. The molecule has 19 heavy (non-hydrogen) atoms. The average Bonchev–Trinajstić information content (AvgIpc) is 2.98. The average molecular weight is 250 g/mol. The normalized spacial score (nSPS) is 10.6. The molecule has 4 heteroatoms. The first-order valence-corrected chi connectivity index (χ1v) is 6.12. The second kappa shape index (κ2) is 5.04. The molecule has 0 saturated heterocycles. The Labute approximate surface area is 111 Å². The summed E-state index contributed by atoms with van der Waals surface area (Å²) in [6, 6.07) is 14.0. The lowest BCUT2D eigenvalue weighted by molar-refractivity contribution is 1.07. The maximum Gasteiger partial charge on any atom is 0.0942 e. The number of nitrogens with zero attached hydrogens (tertiary/aromatic N) is 2. The largest absolute Gasteiger partial charge is 0.326 e. The molecule has 0 aliphatic heterocycles. The van der Waals surface area contributed by atoms with E-state index in [2.05, 4.69) is 21.2 Å². The fraction of sp³-hybridized carbons (Fsp3) is 0.0667. The van der Waals surface area contributed by atoms with Crippen LogP contribution in [0.4, 0.5) is 0 Å². The van der Waals surface area contributed by atoms with Gasteiger partial charge in [0.25, 0.3) is 0 Å². The second-order valence-electron chi connectivity index (χ2n) is 4.31. The number of nitrogens with one attached hydrogen (secondary N) is 1. The first-order valence-electron chi connectivity index (χ1n) is 6.12. The van der Waals surface area contributed by atoms with Crippen LogP contribution in [0.3, 0.4) is 0 Å². The predicted octanol–water partition coefficient (Wildman–Crippen LogP) is 2.60. The third-order valence-electron chi connectivity index (χ3n) is 3.01. The van der Waals surface area contributed by atoms with Crippen LogP contribution in [0.1, 0.15) is 5.56 Å². The van der Waals surface area contributed by atoms with Gasteiger partial charge in [-0.3, -0.25) is 10.1 Å². The number of benzene rings is 1. The third-order valence-corrected chi connectivity index (χ3v) is 3.01. The molecule has 0 amide bonds. The number of aromatic nitrogens is 3. The molecule has 4 nitrogen and oxygen atoms in total. The molecule has 0 spiro atoms. The molecule has 0 fully saturated rings. The summed E-state index contributed by atoms with van der Waals surface area (Å²) < 4.78 is 0. The fourth-order valence-corrected chi connectivity index (χ4v) is 2.00. The Morgan fingerprint density at radius 2 is 1.95 bits per heavy atom. The number of pyridine rings is 1. The topological polar surface area (TPSA) is 67.6 Å². The summed E-state index contributed by atoms with van der Waals surface area (Å²) in [5, 5.41) is 7.38. The molecular weight excluding hydrogens is 236 g/mol. The van der Waals surface area contributed by atoms with Crippen molar-refractivity contribution >= 4 is 0 Å². The van der Waals surface area contributed by atoms with Crippen molar-refractivity contribution in [2.75, 3.05) is 0 Å². The molecule has 0 bridgehead atoms. The third kappa shape index (κ3) is 2.39. The van der Waals surface area contributed by atoms with E-state index in [1.165, 1.54) is 0 Å². The Morgan fingerprint density at radius 1 is 1.05 bits per heavy atom. The van der Waals surface area contributed by atoms with Crippen LogP contribution in [-0.4, -0.2) is 15.2 Å². The van der Waals surface area contributed by atoms with E-state index in [9.17, 15) is 0 Å². The minimum atomic E-state index is 0.539. The molecule has 3 N–H and O–H groups in total. The lowest BCUT2D eigenvalue weighted by Crippen LogP contribution is -1.95. The molecule has 0 atom stereocenters. The summed E-state index contributed by atoms with van der Waals surface area (Å²) >= 11 is 0. The Balaban J connectivity index is 1.97. The van der Waals surface area contributed by atoms with E-state index in [4.69, 9.17) is 5.73 Å². The number of hydrogen-bond donors (Lipinski definition) is 2. The van der Waals surface area contributed by atoms with Crippen molar-refractivity contribution in [1.82, 2.24) is 15.2 Å². The van der Waals surface area contributed by atoms with Gasteiger partial charge < -0.3 is 5.73 Å². The number of rotatable bonds is 3. The molecule has 2 heterocycles. The van der Waals surface area contributed by atoms with Crippen molar-refractivity contribution in [3.8, 4) is 22.5 Å². The minimum Gasteiger partial charge on any atom is -0.326 e. The SMILES string of the molecule is NCc1cccc(-c2cc(-c3cccnc3)n[nH]2)c1. The molecule has 94 valence electrons. The van der Waals surface area contributed by atoms with Crippen molar-refractivity contribution in [2.45, 2.75) is 6.54 Å². The Morgan fingerprint density at radius 3 is 2.74 bits per heavy atom. The smallest absolute Gasteiger partial charge is 0.0942 e. The van der Waals surface area contributed by atoms with Gasteiger partial charge in [0.1, 0.15) is 0 Å². The van der Waals surface area contributed by atoms with E-state index in [0.717, 1.165) is 28.1 Å². The minimum absolute atomic E-state index is 0.539. The summed E-state index contributed by atoms with van der Waals surface area (Å²) in [5.74, 6) is 0. The predicted molar refractivity (Wildman–Crippen MR) is 75.1 cm³/mol. The van der Waals surface area contributed by atoms with Gasteiger partial charge >= 0.3 is 0 Å². The Bertz CT molecular complexity index is 673. The fourth-order valence-electron chi connectivity index (χ4n) is 2.00. The van der Waals surface area contributed by atoms with Gasteiger partial charge in [0.2, 0.25) is 0 Å². The molecule has 1 aromatic carbocycles. The van der Waals surface area contributed by atoms with Crippen LogP contribution >= 0.6 is 0 Å². The molecule has 0 saturated carbocycles. The monoisotopic (exact) mass is 250 g/mol. The zero-order chi connectivity index (χ0) is 13.1. The van der Waals surface area contributed by atoms with Crippen molar-refractivity contribution in [1.29, 1.82) is 0 Å². The van der Waals surface area contributed by atoms with Crippen molar-refractivity contribution in [3.05, 3.63) is 60.4 Å². The number of aromatic amines is 1. The maximum absolute atomic E-state index is 5.66. The molecule has 2 aromatic heterocycles. The van der Waals surface area contributed by atoms with Gasteiger partial charge in [-0.1, -0.05) is 18.2 Å². The molecule has 0 radical (unpaired) electrons. The van der Waals surface area contributed by atoms with Crippen molar-refractivity contribution < 1.29 is 0 Å². The summed E-state index contributed by atoms with van der Waals surface area (Å²) in [7, 11) is 0. The molecule has 0 unspecified atom stereocenters.